The topological polar surface area (TPSA) is 84.5 Å². The van der Waals surface area contributed by atoms with Crippen molar-refractivity contribution in [2.45, 2.75) is 25.7 Å². The van der Waals surface area contributed by atoms with E-state index in [4.69, 9.17) is 0 Å². The number of ether oxygens (including phenoxy) is 1. The second-order valence-corrected chi connectivity index (χ2v) is 7.08. The molecule has 3 rings (SSSR count). The molecule has 152 valence electrons. The number of rotatable bonds is 5. The number of anilines is 2. The van der Waals surface area contributed by atoms with Gasteiger partial charge in [-0.05, 0) is 62.1 Å². The summed E-state index contributed by atoms with van der Waals surface area (Å²) in [4.78, 5) is 36.3. The van der Waals surface area contributed by atoms with E-state index in [2.05, 4.69) is 15.4 Å². The van der Waals surface area contributed by atoms with Gasteiger partial charge in [-0.1, -0.05) is 12.1 Å². The molecule has 0 spiro atoms. The van der Waals surface area contributed by atoms with E-state index in [0.717, 1.165) is 0 Å². The standard InChI is InChI=1S/C22H23FN2O4/c1-29-22(28)16-10-12-17(13-11-16)24-20(26)14-6-8-15(9-7-14)21(27)25-19-5-3-2-4-18(19)23/h2-5,10-15H,6-9H2,1H3,(H,24,26)(H,25,27). The second-order valence-electron chi connectivity index (χ2n) is 7.08. The molecule has 1 aliphatic carbocycles. The van der Waals surface area contributed by atoms with Gasteiger partial charge in [0, 0.05) is 17.5 Å². The van der Waals surface area contributed by atoms with Crippen LogP contribution in [0.3, 0.4) is 0 Å². The number of halogens is 1. The van der Waals surface area contributed by atoms with Crippen molar-refractivity contribution in [1.82, 2.24) is 0 Å². The summed E-state index contributed by atoms with van der Waals surface area (Å²) >= 11 is 0. The molecule has 1 fully saturated rings. The Morgan fingerprint density at radius 1 is 0.862 bits per heavy atom. The third-order valence-electron chi connectivity index (χ3n) is 5.17. The number of nitrogens with one attached hydrogen (secondary N) is 2. The second kappa shape index (κ2) is 9.32. The Kier molecular flexibility index (Phi) is 6.59. The van der Waals surface area contributed by atoms with Crippen molar-refractivity contribution in [3.63, 3.8) is 0 Å². The van der Waals surface area contributed by atoms with Crippen molar-refractivity contribution >= 4 is 29.2 Å². The number of carbonyl (C=O) groups excluding carboxylic acids is 3. The summed E-state index contributed by atoms with van der Waals surface area (Å²) < 4.78 is 18.3. The van der Waals surface area contributed by atoms with Crippen LogP contribution in [0.1, 0.15) is 36.0 Å². The molecule has 6 nitrogen and oxygen atoms in total. The molecule has 29 heavy (non-hydrogen) atoms. The average Bonchev–Trinajstić information content (AvgIpc) is 2.75. The summed E-state index contributed by atoms with van der Waals surface area (Å²) in [6, 6.07) is 12.5. The molecule has 0 saturated heterocycles. The van der Waals surface area contributed by atoms with Crippen LogP contribution in [0.15, 0.2) is 48.5 Å². The highest BCUT2D eigenvalue weighted by atomic mass is 19.1. The van der Waals surface area contributed by atoms with E-state index in [9.17, 15) is 18.8 Å². The maximum absolute atomic E-state index is 13.7. The Morgan fingerprint density at radius 2 is 1.41 bits per heavy atom. The number of hydrogen-bond donors (Lipinski definition) is 2. The first-order valence-corrected chi connectivity index (χ1v) is 9.52. The van der Waals surface area contributed by atoms with Crippen molar-refractivity contribution in [3.8, 4) is 0 Å². The minimum atomic E-state index is -0.466. The molecule has 2 aromatic carbocycles. The zero-order valence-corrected chi connectivity index (χ0v) is 16.1. The van der Waals surface area contributed by atoms with Crippen LogP contribution in [-0.2, 0) is 14.3 Å². The number of benzene rings is 2. The Hall–Kier alpha value is -3.22. The lowest BCUT2D eigenvalue weighted by molar-refractivity contribution is -0.125. The van der Waals surface area contributed by atoms with Gasteiger partial charge in [0.25, 0.3) is 0 Å². The molecule has 0 aromatic heterocycles. The number of esters is 1. The van der Waals surface area contributed by atoms with E-state index in [-0.39, 0.29) is 29.3 Å². The van der Waals surface area contributed by atoms with Crippen molar-refractivity contribution < 1.29 is 23.5 Å². The molecule has 2 aromatic rings. The highest BCUT2D eigenvalue weighted by Crippen LogP contribution is 2.31. The zero-order chi connectivity index (χ0) is 20.8. The number of methoxy groups -OCH3 is 1. The molecule has 0 heterocycles. The SMILES string of the molecule is COC(=O)c1ccc(NC(=O)C2CCC(C(=O)Nc3ccccc3F)CC2)cc1. The predicted octanol–water partition coefficient (Wildman–Crippen LogP) is 4.00. The van der Waals surface area contributed by atoms with Crippen LogP contribution in [0.25, 0.3) is 0 Å². The Bertz CT molecular complexity index is 890. The van der Waals surface area contributed by atoms with Gasteiger partial charge in [-0.15, -0.1) is 0 Å². The van der Waals surface area contributed by atoms with Crippen molar-refractivity contribution in [2.24, 2.45) is 11.8 Å². The Labute approximate surface area is 168 Å². The van der Waals surface area contributed by atoms with Crippen LogP contribution >= 0.6 is 0 Å². The number of hydrogen-bond acceptors (Lipinski definition) is 4. The quantitative estimate of drug-likeness (QED) is 0.746. The minimum absolute atomic E-state index is 0.108. The Morgan fingerprint density at radius 3 is 1.97 bits per heavy atom. The summed E-state index contributed by atoms with van der Waals surface area (Å²) in [5.41, 5.74) is 1.18. The van der Waals surface area contributed by atoms with Crippen LogP contribution in [0.2, 0.25) is 0 Å². The summed E-state index contributed by atoms with van der Waals surface area (Å²) in [6.07, 6.45) is 2.31. The van der Waals surface area contributed by atoms with Crippen LogP contribution in [0, 0.1) is 17.7 Å². The van der Waals surface area contributed by atoms with E-state index in [0.29, 0.717) is 36.9 Å². The van der Waals surface area contributed by atoms with Gasteiger partial charge in [0.05, 0.1) is 18.4 Å². The first-order chi connectivity index (χ1) is 14.0. The maximum Gasteiger partial charge on any atom is 0.337 e. The summed E-state index contributed by atoms with van der Waals surface area (Å²) in [6.45, 7) is 0. The largest absolute Gasteiger partial charge is 0.465 e. The minimum Gasteiger partial charge on any atom is -0.465 e. The molecule has 7 heteroatoms. The molecule has 0 unspecified atom stereocenters. The van der Waals surface area contributed by atoms with Gasteiger partial charge in [0.15, 0.2) is 0 Å². The monoisotopic (exact) mass is 398 g/mol. The van der Waals surface area contributed by atoms with E-state index in [1.54, 1.807) is 36.4 Å². The van der Waals surface area contributed by atoms with Crippen LogP contribution < -0.4 is 10.6 Å². The lowest BCUT2D eigenvalue weighted by Gasteiger charge is -2.27. The van der Waals surface area contributed by atoms with E-state index in [1.165, 1.54) is 19.2 Å². The first kappa shape index (κ1) is 20.5. The summed E-state index contributed by atoms with van der Waals surface area (Å²) in [7, 11) is 1.31. The van der Waals surface area contributed by atoms with E-state index in [1.807, 2.05) is 0 Å². The van der Waals surface area contributed by atoms with Gasteiger partial charge in [-0.2, -0.15) is 0 Å². The Balaban J connectivity index is 1.49. The fourth-order valence-electron chi connectivity index (χ4n) is 3.47. The van der Waals surface area contributed by atoms with Crippen molar-refractivity contribution in [3.05, 3.63) is 59.9 Å². The first-order valence-electron chi connectivity index (χ1n) is 9.52. The lowest BCUT2D eigenvalue weighted by atomic mass is 9.81. The normalized spacial score (nSPS) is 18.6. The number of amides is 2. The summed E-state index contributed by atoms with van der Waals surface area (Å²) in [5.74, 6) is -1.65. The molecule has 0 radical (unpaired) electrons. The third kappa shape index (κ3) is 5.19. The smallest absolute Gasteiger partial charge is 0.337 e. The molecule has 2 N–H and O–H groups in total. The van der Waals surface area contributed by atoms with Crippen molar-refractivity contribution in [1.29, 1.82) is 0 Å². The molecule has 1 saturated carbocycles. The molecule has 2 amide bonds. The highest BCUT2D eigenvalue weighted by molar-refractivity contribution is 5.95. The number of carbonyl (C=O) groups is 3. The molecule has 0 aliphatic heterocycles. The van der Waals surface area contributed by atoms with Crippen LogP contribution in [0.4, 0.5) is 15.8 Å². The molecular weight excluding hydrogens is 375 g/mol. The lowest BCUT2D eigenvalue weighted by Crippen LogP contribution is -2.32. The van der Waals surface area contributed by atoms with Gasteiger partial charge < -0.3 is 15.4 Å². The highest BCUT2D eigenvalue weighted by Gasteiger charge is 2.30. The molecular formula is C22H23FN2O4. The van der Waals surface area contributed by atoms with Crippen molar-refractivity contribution in [2.75, 3.05) is 17.7 Å². The van der Waals surface area contributed by atoms with Crippen LogP contribution in [0.5, 0.6) is 0 Å². The van der Waals surface area contributed by atoms with Gasteiger partial charge in [-0.25, -0.2) is 9.18 Å². The maximum atomic E-state index is 13.7. The van der Waals surface area contributed by atoms with Gasteiger partial charge in [-0.3, -0.25) is 9.59 Å². The fourth-order valence-corrected chi connectivity index (χ4v) is 3.47. The van der Waals surface area contributed by atoms with E-state index >= 15 is 0 Å². The van der Waals surface area contributed by atoms with E-state index < -0.39 is 11.8 Å². The number of para-hydroxylation sites is 1. The fraction of sp³-hybridized carbons (Fsp3) is 0.318. The zero-order valence-electron chi connectivity index (χ0n) is 16.1. The predicted molar refractivity (Wildman–Crippen MR) is 107 cm³/mol. The average molecular weight is 398 g/mol. The molecule has 1 aliphatic rings. The van der Waals surface area contributed by atoms with Gasteiger partial charge >= 0.3 is 5.97 Å². The third-order valence-corrected chi connectivity index (χ3v) is 5.17. The summed E-state index contributed by atoms with van der Waals surface area (Å²) in [5, 5.41) is 5.48. The van der Waals surface area contributed by atoms with Gasteiger partial charge in [0.2, 0.25) is 11.8 Å². The van der Waals surface area contributed by atoms with Crippen LogP contribution in [-0.4, -0.2) is 24.9 Å². The molecule has 0 atom stereocenters. The van der Waals surface area contributed by atoms with Gasteiger partial charge in [0.1, 0.15) is 5.82 Å². The molecule has 0 bridgehead atoms.